The summed E-state index contributed by atoms with van der Waals surface area (Å²) in [5, 5.41) is 9.41. The van der Waals surface area contributed by atoms with Crippen molar-refractivity contribution in [3.05, 3.63) is 53.9 Å². The third-order valence-corrected chi connectivity index (χ3v) is 4.09. The fraction of sp³-hybridized carbons (Fsp3) is 0.211. The highest BCUT2D eigenvalue weighted by molar-refractivity contribution is 6.01. The third kappa shape index (κ3) is 4.35. The van der Waals surface area contributed by atoms with E-state index in [1.54, 1.807) is 6.07 Å². The van der Waals surface area contributed by atoms with E-state index in [0.717, 1.165) is 16.7 Å². The van der Waals surface area contributed by atoms with Gasteiger partial charge in [-0.15, -0.1) is 5.06 Å². The van der Waals surface area contributed by atoms with Crippen LogP contribution in [0.1, 0.15) is 35.3 Å². The lowest BCUT2D eigenvalue weighted by atomic mass is 10.0. The molecule has 8 nitrogen and oxygen atoms in total. The Morgan fingerprint density at radius 3 is 2.19 bits per heavy atom. The normalized spacial score (nSPS) is 13.7. The van der Waals surface area contributed by atoms with Crippen molar-refractivity contribution in [3.8, 4) is 11.1 Å². The Kier molecular flexibility index (Phi) is 5.25. The van der Waals surface area contributed by atoms with Gasteiger partial charge in [-0.25, -0.2) is 14.6 Å². The first kappa shape index (κ1) is 18.2. The minimum absolute atomic E-state index is 0.0242. The topological polar surface area (TPSA) is 114 Å². The molecule has 2 aromatic rings. The van der Waals surface area contributed by atoms with Crippen LogP contribution in [0.2, 0.25) is 0 Å². The van der Waals surface area contributed by atoms with Gasteiger partial charge in [-0.1, -0.05) is 30.3 Å². The van der Waals surface area contributed by atoms with Gasteiger partial charge in [0, 0.05) is 24.6 Å². The molecule has 8 heteroatoms. The van der Waals surface area contributed by atoms with Gasteiger partial charge in [-0.3, -0.25) is 9.59 Å². The number of benzene rings is 1. The highest BCUT2D eigenvalue weighted by Gasteiger charge is 2.32. The zero-order valence-corrected chi connectivity index (χ0v) is 14.3. The number of rotatable bonds is 6. The maximum atomic E-state index is 11.8. The molecule has 1 aliphatic heterocycles. The van der Waals surface area contributed by atoms with Gasteiger partial charge in [0.25, 0.3) is 11.8 Å². The molecule has 0 saturated carbocycles. The summed E-state index contributed by atoms with van der Waals surface area (Å²) >= 11 is 0. The van der Waals surface area contributed by atoms with Gasteiger partial charge >= 0.3 is 11.9 Å². The monoisotopic (exact) mass is 368 g/mol. The van der Waals surface area contributed by atoms with Gasteiger partial charge in [-0.2, -0.15) is 0 Å². The average Bonchev–Trinajstić information content (AvgIpc) is 2.99. The highest BCUT2D eigenvalue weighted by atomic mass is 16.7. The number of amides is 2. The van der Waals surface area contributed by atoms with Crippen molar-refractivity contribution in [1.82, 2.24) is 10.0 Å². The SMILES string of the molecule is O=C(CCc1ccc(-c2ccc(C(=O)O)nc2)cc1)ON1C(=O)CCC1=O. The fourth-order valence-corrected chi connectivity index (χ4v) is 2.61. The predicted octanol–water partition coefficient (Wildman–Crippen LogP) is 1.99. The molecule has 1 aromatic heterocycles. The van der Waals surface area contributed by atoms with Crippen LogP contribution in [0.5, 0.6) is 0 Å². The number of carbonyl (C=O) groups excluding carboxylic acids is 3. The number of aromatic carboxylic acids is 1. The van der Waals surface area contributed by atoms with Crippen LogP contribution in [0.4, 0.5) is 0 Å². The number of hydrogen-bond acceptors (Lipinski definition) is 6. The van der Waals surface area contributed by atoms with Crippen molar-refractivity contribution in [2.24, 2.45) is 0 Å². The van der Waals surface area contributed by atoms with Crippen molar-refractivity contribution in [2.45, 2.75) is 25.7 Å². The number of carboxylic acid groups (broad SMARTS) is 1. The van der Waals surface area contributed by atoms with Crippen molar-refractivity contribution in [2.75, 3.05) is 0 Å². The summed E-state index contributed by atoms with van der Waals surface area (Å²) in [6, 6.07) is 10.5. The van der Waals surface area contributed by atoms with Crippen LogP contribution in [0.25, 0.3) is 11.1 Å². The fourth-order valence-electron chi connectivity index (χ4n) is 2.61. The summed E-state index contributed by atoms with van der Waals surface area (Å²) in [5.41, 5.74) is 2.49. The molecule has 2 heterocycles. The first-order valence-electron chi connectivity index (χ1n) is 8.29. The Hall–Kier alpha value is -3.55. The lowest BCUT2D eigenvalue weighted by Gasteiger charge is -2.12. The van der Waals surface area contributed by atoms with Crippen LogP contribution in [-0.2, 0) is 25.6 Å². The number of aromatic nitrogens is 1. The van der Waals surface area contributed by atoms with Crippen LogP contribution < -0.4 is 0 Å². The number of carbonyl (C=O) groups is 4. The molecule has 1 N–H and O–H groups in total. The van der Waals surface area contributed by atoms with Gasteiger partial charge in [0.05, 0.1) is 6.42 Å². The molecular weight excluding hydrogens is 352 g/mol. The second-order valence-electron chi connectivity index (χ2n) is 5.98. The molecule has 1 aromatic carbocycles. The quantitative estimate of drug-likeness (QED) is 0.776. The van der Waals surface area contributed by atoms with E-state index in [-0.39, 0.29) is 25.0 Å². The van der Waals surface area contributed by atoms with Gasteiger partial charge in [-0.05, 0) is 23.6 Å². The number of nitrogens with zero attached hydrogens (tertiary/aromatic N) is 2. The van der Waals surface area contributed by atoms with Crippen LogP contribution in [0.15, 0.2) is 42.6 Å². The summed E-state index contributed by atoms with van der Waals surface area (Å²) in [6.07, 6.45) is 2.04. The Balaban J connectivity index is 1.56. The molecule has 0 aliphatic carbocycles. The molecule has 0 bridgehead atoms. The molecule has 0 unspecified atom stereocenters. The molecule has 1 fully saturated rings. The minimum atomic E-state index is -1.08. The Morgan fingerprint density at radius 2 is 1.63 bits per heavy atom. The molecule has 2 amide bonds. The summed E-state index contributed by atoms with van der Waals surface area (Å²) < 4.78 is 0. The summed E-state index contributed by atoms with van der Waals surface area (Å²) in [5.74, 6) is -2.72. The molecule has 1 aliphatic rings. The lowest BCUT2D eigenvalue weighted by molar-refractivity contribution is -0.197. The van der Waals surface area contributed by atoms with Crippen LogP contribution in [0, 0.1) is 0 Å². The smallest absolute Gasteiger partial charge is 0.354 e. The molecule has 0 radical (unpaired) electrons. The molecule has 0 spiro atoms. The summed E-state index contributed by atoms with van der Waals surface area (Å²) in [7, 11) is 0. The van der Waals surface area contributed by atoms with E-state index in [1.807, 2.05) is 24.3 Å². The molecule has 27 heavy (non-hydrogen) atoms. The zero-order chi connectivity index (χ0) is 19.4. The Morgan fingerprint density at radius 1 is 1.00 bits per heavy atom. The number of carboxylic acids is 1. The summed E-state index contributed by atoms with van der Waals surface area (Å²) in [6.45, 7) is 0. The van der Waals surface area contributed by atoms with E-state index in [4.69, 9.17) is 9.94 Å². The lowest BCUT2D eigenvalue weighted by Crippen LogP contribution is -2.32. The van der Waals surface area contributed by atoms with E-state index in [1.165, 1.54) is 12.3 Å². The van der Waals surface area contributed by atoms with Crippen LogP contribution >= 0.6 is 0 Å². The molecule has 0 atom stereocenters. The highest BCUT2D eigenvalue weighted by Crippen LogP contribution is 2.20. The molecule has 138 valence electrons. The third-order valence-electron chi connectivity index (χ3n) is 4.09. The van der Waals surface area contributed by atoms with E-state index in [2.05, 4.69) is 4.98 Å². The number of hydrogen-bond donors (Lipinski definition) is 1. The van der Waals surface area contributed by atoms with Crippen molar-refractivity contribution in [1.29, 1.82) is 0 Å². The first-order chi connectivity index (χ1) is 12.9. The van der Waals surface area contributed by atoms with Crippen molar-refractivity contribution >= 4 is 23.8 Å². The van der Waals surface area contributed by atoms with E-state index < -0.39 is 23.8 Å². The minimum Gasteiger partial charge on any atom is -0.477 e. The maximum absolute atomic E-state index is 11.8. The Labute approximate surface area is 154 Å². The largest absolute Gasteiger partial charge is 0.477 e. The molecular formula is C19H16N2O6. The second-order valence-corrected chi connectivity index (χ2v) is 5.98. The van der Waals surface area contributed by atoms with Crippen LogP contribution in [-0.4, -0.2) is 38.9 Å². The maximum Gasteiger partial charge on any atom is 0.354 e. The number of hydroxylamine groups is 2. The van der Waals surface area contributed by atoms with Gasteiger partial charge in [0.15, 0.2) is 0 Å². The second kappa shape index (κ2) is 7.77. The predicted molar refractivity (Wildman–Crippen MR) is 92.1 cm³/mol. The van der Waals surface area contributed by atoms with Gasteiger partial charge < -0.3 is 9.94 Å². The zero-order valence-electron chi connectivity index (χ0n) is 14.3. The van der Waals surface area contributed by atoms with E-state index in [9.17, 15) is 19.2 Å². The number of imide groups is 1. The number of aryl methyl sites for hydroxylation is 1. The standard InChI is InChI=1S/C19H16N2O6/c22-16-8-9-17(23)21(16)27-18(24)10-3-12-1-4-13(5-2-12)14-6-7-15(19(25)26)20-11-14/h1-2,4-7,11H,3,8-10H2,(H,25,26). The van der Waals surface area contributed by atoms with Gasteiger partial charge in [0.1, 0.15) is 5.69 Å². The van der Waals surface area contributed by atoms with Gasteiger partial charge in [0.2, 0.25) is 0 Å². The van der Waals surface area contributed by atoms with Crippen molar-refractivity contribution < 1.29 is 29.1 Å². The number of pyridine rings is 1. The average molecular weight is 368 g/mol. The first-order valence-corrected chi connectivity index (χ1v) is 8.29. The van der Waals surface area contributed by atoms with E-state index >= 15 is 0 Å². The molecule has 1 saturated heterocycles. The summed E-state index contributed by atoms with van der Waals surface area (Å²) in [4.78, 5) is 54.2. The Bertz CT molecular complexity index is 873. The van der Waals surface area contributed by atoms with Crippen molar-refractivity contribution in [3.63, 3.8) is 0 Å². The van der Waals surface area contributed by atoms with E-state index in [0.29, 0.717) is 11.5 Å². The molecule has 3 rings (SSSR count). The van der Waals surface area contributed by atoms with Crippen LogP contribution in [0.3, 0.4) is 0 Å².